The molecule has 1 aliphatic rings. The molecule has 3 aromatic rings. The molecule has 1 fully saturated rings. The van der Waals surface area contributed by atoms with Gasteiger partial charge in [0.1, 0.15) is 5.69 Å². The van der Waals surface area contributed by atoms with Crippen molar-refractivity contribution in [2.45, 2.75) is 32.4 Å². The number of benzene rings is 1. The number of aromatic nitrogens is 1. The maximum atomic E-state index is 12.6. The van der Waals surface area contributed by atoms with Crippen molar-refractivity contribution in [3.8, 4) is 0 Å². The predicted octanol–water partition coefficient (Wildman–Crippen LogP) is 4.61. The number of carbonyl (C=O) groups excluding carboxylic acids is 1. The van der Waals surface area contributed by atoms with Crippen molar-refractivity contribution < 1.29 is 4.79 Å². The molecule has 0 radical (unpaired) electrons. The summed E-state index contributed by atoms with van der Waals surface area (Å²) in [6.07, 6.45) is 2.18. The maximum Gasteiger partial charge on any atom is 0.268 e. The van der Waals surface area contributed by atoms with E-state index in [9.17, 15) is 4.79 Å². The number of hydrogen-bond donors (Lipinski definition) is 1. The number of nitrogens with one attached hydrogen (secondary N) is 1. The quantitative estimate of drug-likeness (QED) is 0.737. The van der Waals surface area contributed by atoms with E-state index < -0.39 is 0 Å². The zero-order valence-corrected chi connectivity index (χ0v) is 14.4. The molecule has 1 aliphatic carbocycles. The van der Waals surface area contributed by atoms with Gasteiger partial charge in [0.25, 0.3) is 5.91 Å². The van der Waals surface area contributed by atoms with Crippen LogP contribution >= 0.6 is 22.9 Å². The fourth-order valence-electron chi connectivity index (χ4n) is 2.81. The molecule has 0 saturated heterocycles. The highest BCUT2D eigenvalue weighted by molar-refractivity contribution is 7.19. The molecule has 0 unspecified atom stereocenters. The molecule has 1 N–H and O–H groups in total. The van der Waals surface area contributed by atoms with Crippen LogP contribution < -0.4 is 5.32 Å². The number of fused-ring (bicyclic) bond motifs is 1. The average Bonchev–Trinajstić information content (AvgIpc) is 3.16. The molecule has 0 bridgehead atoms. The first-order valence-corrected chi connectivity index (χ1v) is 8.95. The van der Waals surface area contributed by atoms with Crippen molar-refractivity contribution in [1.82, 2.24) is 9.88 Å². The lowest BCUT2D eigenvalue weighted by atomic mass is 10.2. The molecule has 5 heteroatoms. The van der Waals surface area contributed by atoms with Crippen LogP contribution in [0.5, 0.6) is 0 Å². The zero-order chi connectivity index (χ0) is 16.0. The molecular weight excluding hydrogens is 328 g/mol. The molecule has 1 saturated carbocycles. The number of thiophene rings is 1. The fraction of sp³-hybridized carbons (Fsp3) is 0.278. The van der Waals surface area contributed by atoms with Gasteiger partial charge in [0.2, 0.25) is 0 Å². The molecule has 23 heavy (non-hydrogen) atoms. The number of carbonyl (C=O) groups is 1. The van der Waals surface area contributed by atoms with E-state index in [1.165, 1.54) is 4.88 Å². The zero-order valence-electron chi connectivity index (χ0n) is 12.8. The summed E-state index contributed by atoms with van der Waals surface area (Å²) < 4.78 is 3.23. The third-order valence-corrected chi connectivity index (χ3v) is 5.50. The number of aryl methyl sites for hydroxylation is 1. The van der Waals surface area contributed by atoms with Crippen LogP contribution in [0.3, 0.4) is 0 Å². The van der Waals surface area contributed by atoms with Crippen LogP contribution in [0.15, 0.2) is 36.4 Å². The first kappa shape index (κ1) is 14.8. The SMILES string of the molecule is Cc1cc2c(cc(C(=O)NC3CC3)n2Cc2ccccc2Cl)s1. The van der Waals surface area contributed by atoms with Crippen LogP contribution in [-0.4, -0.2) is 16.5 Å². The van der Waals surface area contributed by atoms with Crippen molar-refractivity contribution >= 4 is 39.1 Å². The highest BCUT2D eigenvalue weighted by Gasteiger charge is 2.26. The van der Waals surface area contributed by atoms with Crippen LogP contribution in [0.2, 0.25) is 5.02 Å². The van der Waals surface area contributed by atoms with Crippen molar-refractivity contribution in [3.05, 3.63) is 57.6 Å². The average molecular weight is 345 g/mol. The van der Waals surface area contributed by atoms with Crippen LogP contribution in [-0.2, 0) is 6.54 Å². The summed E-state index contributed by atoms with van der Waals surface area (Å²) in [7, 11) is 0. The smallest absolute Gasteiger partial charge is 0.268 e. The van der Waals surface area contributed by atoms with Crippen molar-refractivity contribution in [2.75, 3.05) is 0 Å². The number of rotatable bonds is 4. The van der Waals surface area contributed by atoms with Crippen LogP contribution in [0.4, 0.5) is 0 Å². The normalized spacial score (nSPS) is 14.3. The number of nitrogens with zero attached hydrogens (tertiary/aromatic N) is 1. The molecule has 1 amide bonds. The summed E-state index contributed by atoms with van der Waals surface area (Å²) in [5.41, 5.74) is 2.85. The van der Waals surface area contributed by atoms with Gasteiger partial charge in [-0.3, -0.25) is 4.79 Å². The van der Waals surface area contributed by atoms with E-state index in [0.717, 1.165) is 39.3 Å². The van der Waals surface area contributed by atoms with E-state index in [1.807, 2.05) is 30.3 Å². The van der Waals surface area contributed by atoms with E-state index in [4.69, 9.17) is 11.6 Å². The third kappa shape index (κ3) is 2.89. The van der Waals surface area contributed by atoms with Gasteiger partial charge < -0.3 is 9.88 Å². The Morgan fingerprint density at radius 1 is 1.35 bits per heavy atom. The van der Waals surface area contributed by atoms with Crippen LogP contribution in [0.25, 0.3) is 10.2 Å². The Morgan fingerprint density at radius 2 is 2.13 bits per heavy atom. The maximum absolute atomic E-state index is 12.6. The summed E-state index contributed by atoms with van der Waals surface area (Å²) in [5.74, 6) is 0.0145. The highest BCUT2D eigenvalue weighted by atomic mass is 35.5. The first-order chi connectivity index (χ1) is 11.1. The highest BCUT2D eigenvalue weighted by Crippen LogP contribution is 2.31. The Hall–Kier alpha value is -1.78. The van der Waals surface area contributed by atoms with E-state index in [-0.39, 0.29) is 5.91 Å². The lowest BCUT2D eigenvalue weighted by molar-refractivity contribution is 0.0942. The largest absolute Gasteiger partial charge is 0.348 e. The molecule has 2 heterocycles. The minimum atomic E-state index is 0.0145. The molecule has 3 nitrogen and oxygen atoms in total. The fourth-order valence-corrected chi connectivity index (χ4v) is 3.96. The van der Waals surface area contributed by atoms with Gasteiger partial charge in [-0.15, -0.1) is 11.3 Å². The second-order valence-corrected chi connectivity index (χ2v) is 7.76. The summed E-state index contributed by atoms with van der Waals surface area (Å²) >= 11 is 8.03. The number of hydrogen-bond acceptors (Lipinski definition) is 2. The Bertz CT molecular complexity index is 892. The van der Waals surface area contributed by atoms with E-state index in [2.05, 4.69) is 22.9 Å². The van der Waals surface area contributed by atoms with Gasteiger partial charge in [-0.1, -0.05) is 29.8 Å². The first-order valence-electron chi connectivity index (χ1n) is 7.76. The summed E-state index contributed by atoms with van der Waals surface area (Å²) in [6, 6.07) is 12.3. The molecular formula is C18H17ClN2OS. The Morgan fingerprint density at radius 3 is 2.87 bits per heavy atom. The minimum Gasteiger partial charge on any atom is -0.348 e. The minimum absolute atomic E-state index is 0.0145. The molecule has 1 aromatic carbocycles. The van der Waals surface area contributed by atoms with Crippen molar-refractivity contribution in [2.24, 2.45) is 0 Å². The summed E-state index contributed by atoms with van der Waals surface area (Å²) in [6.45, 7) is 2.70. The second kappa shape index (κ2) is 5.69. The lowest BCUT2D eigenvalue weighted by Crippen LogP contribution is -2.27. The van der Waals surface area contributed by atoms with Crippen LogP contribution in [0, 0.1) is 6.92 Å². The van der Waals surface area contributed by atoms with E-state index in [0.29, 0.717) is 12.6 Å². The topological polar surface area (TPSA) is 34.0 Å². The lowest BCUT2D eigenvalue weighted by Gasteiger charge is -2.12. The standard InChI is InChI=1S/C18H17ClN2OS/c1-11-8-15-17(23-11)9-16(18(22)20-13-6-7-13)21(15)10-12-4-2-3-5-14(12)19/h2-5,8-9,13H,6-7,10H2,1H3,(H,20,22). The van der Waals surface area contributed by atoms with Gasteiger partial charge in [0.15, 0.2) is 0 Å². The van der Waals surface area contributed by atoms with Gasteiger partial charge in [-0.2, -0.15) is 0 Å². The number of halogens is 1. The Balaban J connectivity index is 1.77. The monoisotopic (exact) mass is 344 g/mol. The molecule has 2 aromatic heterocycles. The molecule has 118 valence electrons. The van der Waals surface area contributed by atoms with Crippen LogP contribution in [0.1, 0.15) is 33.8 Å². The molecule has 0 spiro atoms. The summed E-state index contributed by atoms with van der Waals surface area (Å²) in [4.78, 5) is 13.8. The van der Waals surface area contributed by atoms with Crippen molar-refractivity contribution in [1.29, 1.82) is 0 Å². The Labute approximate surface area is 143 Å². The molecule has 4 rings (SSSR count). The second-order valence-electron chi connectivity index (χ2n) is 6.06. The predicted molar refractivity (Wildman–Crippen MR) is 95.6 cm³/mol. The van der Waals surface area contributed by atoms with E-state index >= 15 is 0 Å². The van der Waals surface area contributed by atoms with Gasteiger partial charge >= 0.3 is 0 Å². The van der Waals surface area contributed by atoms with Gasteiger partial charge in [-0.05, 0) is 43.5 Å². The number of amides is 1. The third-order valence-electron chi connectivity index (χ3n) is 4.14. The van der Waals surface area contributed by atoms with Gasteiger partial charge in [0, 0.05) is 22.5 Å². The Kier molecular flexibility index (Phi) is 3.66. The van der Waals surface area contributed by atoms with Crippen molar-refractivity contribution in [3.63, 3.8) is 0 Å². The van der Waals surface area contributed by atoms with E-state index in [1.54, 1.807) is 11.3 Å². The van der Waals surface area contributed by atoms with Gasteiger partial charge in [0.05, 0.1) is 10.2 Å². The molecule has 0 aliphatic heterocycles. The molecule has 0 atom stereocenters. The summed E-state index contributed by atoms with van der Waals surface area (Å²) in [5, 5.41) is 3.82. The van der Waals surface area contributed by atoms with Gasteiger partial charge in [-0.25, -0.2) is 0 Å².